The monoisotopic (exact) mass is 657 g/mol. The molecule has 0 spiro atoms. The number of nitro groups is 1. The summed E-state index contributed by atoms with van der Waals surface area (Å²) in [7, 11) is -4.54. The van der Waals surface area contributed by atoms with Gasteiger partial charge in [-0.15, -0.1) is 10.2 Å². The molecule has 5 aromatic rings. The average molecular weight is 658 g/mol. The number of alkyl halides is 3. The van der Waals surface area contributed by atoms with Crippen LogP contribution < -0.4 is 4.72 Å². The maximum atomic E-state index is 13.6. The van der Waals surface area contributed by atoms with Crippen molar-refractivity contribution in [3.63, 3.8) is 0 Å². The topological polar surface area (TPSA) is 120 Å². The molecular formula is C30H23F4N5O4S2. The molecule has 0 aliphatic rings. The van der Waals surface area contributed by atoms with Gasteiger partial charge in [-0.05, 0) is 60.0 Å². The largest absolute Gasteiger partial charge is 0.416 e. The van der Waals surface area contributed by atoms with E-state index in [1.54, 1.807) is 42.5 Å². The number of aromatic nitrogens is 3. The van der Waals surface area contributed by atoms with E-state index in [1.807, 2.05) is 0 Å². The first-order chi connectivity index (χ1) is 21.4. The molecule has 0 aliphatic heterocycles. The van der Waals surface area contributed by atoms with E-state index in [0.717, 1.165) is 23.8 Å². The first-order valence-electron chi connectivity index (χ1n) is 13.2. The van der Waals surface area contributed by atoms with Crippen LogP contribution >= 0.6 is 11.8 Å². The molecule has 0 amide bonds. The summed E-state index contributed by atoms with van der Waals surface area (Å²) in [6.45, 7) is 0. The number of benzene rings is 4. The van der Waals surface area contributed by atoms with E-state index in [4.69, 9.17) is 0 Å². The molecule has 0 saturated heterocycles. The number of halogens is 4. The number of nitrogens with one attached hydrogen (secondary N) is 1. The second-order valence-electron chi connectivity index (χ2n) is 9.75. The summed E-state index contributed by atoms with van der Waals surface area (Å²) in [6, 6.07) is 22.3. The van der Waals surface area contributed by atoms with Crippen LogP contribution in [0.4, 0.5) is 23.2 Å². The molecule has 9 nitrogen and oxygen atoms in total. The Morgan fingerprint density at radius 2 is 1.58 bits per heavy atom. The summed E-state index contributed by atoms with van der Waals surface area (Å²) in [4.78, 5) is 10.1. The molecule has 0 aliphatic carbocycles. The van der Waals surface area contributed by atoms with Gasteiger partial charge >= 0.3 is 6.18 Å². The summed E-state index contributed by atoms with van der Waals surface area (Å²) in [6.07, 6.45) is -4.73. The molecular weight excluding hydrogens is 634 g/mol. The third kappa shape index (κ3) is 7.74. The molecule has 4 aromatic carbocycles. The fourth-order valence-electron chi connectivity index (χ4n) is 4.43. The van der Waals surface area contributed by atoms with E-state index >= 15 is 0 Å². The van der Waals surface area contributed by atoms with Crippen molar-refractivity contribution in [1.29, 1.82) is 0 Å². The lowest BCUT2D eigenvalue weighted by Gasteiger charge is -2.20. The van der Waals surface area contributed by atoms with E-state index in [9.17, 15) is 36.1 Å². The lowest BCUT2D eigenvalue weighted by atomic mass is 10.1. The first kappa shape index (κ1) is 31.8. The number of hydrogen-bond donors (Lipinski definition) is 1. The second kappa shape index (κ2) is 13.2. The quantitative estimate of drug-likeness (QED) is 0.0711. The second-order valence-corrected chi connectivity index (χ2v) is 12.4. The van der Waals surface area contributed by atoms with E-state index < -0.39 is 43.4 Å². The highest BCUT2D eigenvalue weighted by molar-refractivity contribution is 7.98. The molecule has 1 aromatic heterocycles. The smallest absolute Gasteiger partial charge is 0.273 e. The Balaban J connectivity index is 1.59. The van der Waals surface area contributed by atoms with Crippen LogP contribution in [-0.4, -0.2) is 28.1 Å². The van der Waals surface area contributed by atoms with E-state index in [-0.39, 0.29) is 17.9 Å². The first-order valence-corrected chi connectivity index (χ1v) is 15.7. The van der Waals surface area contributed by atoms with Gasteiger partial charge in [-0.1, -0.05) is 60.3 Å². The lowest BCUT2D eigenvalue weighted by Crippen LogP contribution is -2.32. The van der Waals surface area contributed by atoms with E-state index in [1.165, 1.54) is 52.7 Å². The van der Waals surface area contributed by atoms with Gasteiger partial charge in [-0.25, -0.2) is 17.5 Å². The van der Waals surface area contributed by atoms with Crippen molar-refractivity contribution in [3.8, 4) is 5.69 Å². The molecule has 1 N–H and O–H groups in total. The molecule has 45 heavy (non-hydrogen) atoms. The van der Waals surface area contributed by atoms with Gasteiger partial charge in [0, 0.05) is 23.6 Å². The van der Waals surface area contributed by atoms with E-state index in [0.29, 0.717) is 28.2 Å². The lowest BCUT2D eigenvalue weighted by molar-refractivity contribution is -0.384. The van der Waals surface area contributed by atoms with Gasteiger partial charge in [-0.2, -0.15) is 13.2 Å². The van der Waals surface area contributed by atoms with Gasteiger partial charge in [0.2, 0.25) is 10.0 Å². The van der Waals surface area contributed by atoms with Crippen LogP contribution in [-0.2, 0) is 28.4 Å². The maximum absolute atomic E-state index is 13.6. The molecule has 15 heteroatoms. The molecule has 0 bridgehead atoms. The zero-order valence-corrected chi connectivity index (χ0v) is 24.7. The van der Waals surface area contributed by atoms with Crippen molar-refractivity contribution in [2.24, 2.45) is 0 Å². The number of sulfonamides is 1. The molecule has 0 radical (unpaired) electrons. The SMILES string of the molecule is O=[N+]([O-])c1ccc(-n2c(SCc3ccc(F)cc3)nnc2C(Cc2ccccc2)NS(=O)(=O)c2cccc(C(F)(F)F)c2)cc1. The van der Waals surface area contributed by atoms with Crippen LogP contribution in [0.15, 0.2) is 113 Å². The maximum Gasteiger partial charge on any atom is 0.416 e. The van der Waals surface area contributed by atoms with Gasteiger partial charge in [-0.3, -0.25) is 14.7 Å². The predicted octanol–water partition coefficient (Wildman–Crippen LogP) is 6.89. The summed E-state index contributed by atoms with van der Waals surface area (Å²) >= 11 is 1.21. The highest BCUT2D eigenvalue weighted by Gasteiger charge is 2.33. The zero-order valence-electron chi connectivity index (χ0n) is 23.1. The number of hydrogen-bond acceptors (Lipinski definition) is 7. The fourth-order valence-corrected chi connectivity index (χ4v) is 6.58. The number of non-ortho nitro benzene ring substituents is 1. The Labute approximate surface area is 259 Å². The van der Waals surface area contributed by atoms with Crippen LogP contribution in [0.5, 0.6) is 0 Å². The Morgan fingerprint density at radius 3 is 2.22 bits per heavy atom. The third-order valence-electron chi connectivity index (χ3n) is 6.62. The molecule has 0 fully saturated rings. The standard InChI is InChI=1S/C30H23F4N5O4S2/c31-23-11-9-21(10-12-23)19-44-29-36-35-28(38(29)24-13-15-25(16-14-24)39(40)41)27(17-20-5-2-1-3-6-20)37-45(42,43)26-8-4-7-22(18-26)30(32,33)34/h1-16,18,27,37H,17,19H2. The third-order valence-corrected chi connectivity index (χ3v) is 9.09. The summed E-state index contributed by atoms with van der Waals surface area (Å²) in [5, 5.41) is 20.2. The summed E-state index contributed by atoms with van der Waals surface area (Å²) < 4.78 is 84.8. The molecule has 232 valence electrons. The van der Waals surface area contributed by atoms with Crippen molar-refractivity contribution in [2.45, 2.75) is 34.4 Å². The Kier molecular flexibility index (Phi) is 9.32. The average Bonchev–Trinajstić information content (AvgIpc) is 3.44. The predicted molar refractivity (Wildman–Crippen MR) is 159 cm³/mol. The number of rotatable bonds is 11. The van der Waals surface area contributed by atoms with E-state index in [2.05, 4.69) is 14.9 Å². The van der Waals surface area contributed by atoms with Gasteiger partial charge < -0.3 is 0 Å². The molecule has 1 atom stereocenters. The molecule has 0 saturated carbocycles. The van der Waals surface area contributed by atoms with Crippen molar-refractivity contribution in [3.05, 3.63) is 142 Å². The minimum absolute atomic E-state index is 0.0345. The van der Waals surface area contributed by atoms with Crippen molar-refractivity contribution < 1.29 is 30.9 Å². The van der Waals surface area contributed by atoms with Gasteiger partial charge in [0.15, 0.2) is 11.0 Å². The summed E-state index contributed by atoms with van der Waals surface area (Å²) in [5.74, 6) is 0.00630. The minimum atomic E-state index is -4.76. The number of nitro benzene ring substituents is 1. The normalized spacial score (nSPS) is 12.6. The van der Waals surface area contributed by atoms with Crippen molar-refractivity contribution in [1.82, 2.24) is 19.5 Å². The van der Waals surface area contributed by atoms with Crippen LogP contribution in [0.3, 0.4) is 0 Å². The summed E-state index contributed by atoms with van der Waals surface area (Å²) in [5.41, 5.74) is 0.511. The van der Waals surface area contributed by atoms with Crippen LogP contribution in [0.2, 0.25) is 0 Å². The highest BCUT2D eigenvalue weighted by atomic mass is 32.2. The van der Waals surface area contributed by atoms with Crippen molar-refractivity contribution in [2.75, 3.05) is 0 Å². The van der Waals surface area contributed by atoms with Gasteiger partial charge in [0.05, 0.1) is 21.4 Å². The highest BCUT2D eigenvalue weighted by Crippen LogP contribution is 2.33. The number of nitrogens with zero attached hydrogens (tertiary/aromatic N) is 4. The number of thioether (sulfide) groups is 1. The van der Waals surface area contributed by atoms with Crippen LogP contribution in [0.1, 0.15) is 28.6 Å². The van der Waals surface area contributed by atoms with Gasteiger partial charge in [0.25, 0.3) is 5.69 Å². The fraction of sp³-hybridized carbons (Fsp3) is 0.133. The van der Waals surface area contributed by atoms with Crippen LogP contribution in [0, 0.1) is 15.9 Å². The van der Waals surface area contributed by atoms with Crippen LogP contribution in [0.25, 0.3) is 5.69 Å². The van der Waals surface area contributed by atoms with Gasteiger partial charge in [0.1, 0.15) is 5.82 Å². The Hall–Kier alpha value is -4.60. The van der Waals surface area contributed by atoms with Crippen molar-refractivity contribution >= 4 is 27.5 Å². The Bertz CT molecular complexity index is 1900. The molecule has 5 rings (SSSR count). The zero-order chi connectivity index (χ0) is 32.2. The Morgan fingerprint density at radius 1 is 0.889 bits per heavy atom. The minimum Gasteiger partial charge on any atom is -0.273 e. The molecule has 1 unspecified atom stereocenters. The molecule has 1 heterocycles.